The number of nitrogens with one attached hydrogen (secondary N) is 1. The average molecular weight is 497 g/mol. The summed E-state index contributed by atoms with van der Waals surface area (Å²) in [4.78, 5) is 40.8. The van der Waals surface area contributed by atoms with Crippen molar-refractivity contribution in [1.29, 1.82) is 0 Å². The number of hydrogen-bond donors (Lipinski definition) is 1. The van der Waals surface area contributed by atoms with E-state index in [1.54, 1.807) is 30.3 Å². The molecule has 1 atom stereocenters. The summed E-state index contributed by atoms with van der Waals surface area (Å²) in [5.74, 6) is -0.735. The molecular weight excluding hydrogens is 472 g/mol. The van der Waals surface area contributed by atoms with Crippen molar-refractivity contribution in [3.63, 3.8) is 0 Å². The summed E-state index contributed by atoms with van der Waals surface area (Å²) < 4.78 is 33.0. The van der Waals surface area contributed by atoms with Crippen LogP contribution in [0.5, 0.6) is 0 Å². The highest BCUT2D eigenvalue weighted by Gasteiger charge is 2.51. The summed E-state index contributed by atoms with van der Waals surface area (Å²) in [7, 11) is -3.73. The Morgan fingerprint density at radius 3 is 2.40 bits per heavy atom. The van der Waals surface area contributed by atoms with Crippen LogP contribution in [0.2, 0.25) is 0 Å². The molecule has 0 bridgehead atoms. The summed E-state index contributed by atoms with van der Waals surface area (Å²) >= 11 is 0. The molecule has 4 amide bonds. The van der Waals surface area contributed by atoms with Crippen LogP contribution in [0.15, 0.2) is 70.2 Å². The second-order valence-electron chi connectivity index (χ2n) is 8.72. The molecule has 3 aromatic rings. The number of carbonyl (C=O) groups excluding carboxylic acids is 3. The van der Waals surface area contributed by atoms with Crippen LogP contribution in [0.4, 0.5) is 4.79 Å². The van der Waals surface area contributed by atoms with E-state index in [1.807, 2.05) is 24.3 Å². The first kappa shape index (κ1) is 23.1. The van der Waals surface area contributed by atoms with Gasteiger partial charge in [-0.25, -0.2) is 13.2 Å². The molecule has 0 saturated carbocycles. The number of fused-ring (bicyclic) bond motifs is 1. The minimum absolute atomic E-state index is 0.116. The van der Waals surface area contributed by atoms with Gasteiger partial charge in [-0.1, -0.05) is 30.3 Å². The second-order valence-corrected chi connectivity index (χ2v) is 10.7. The molecule has 0 spiro atoms. The molecule has 0 unspecified atom stereocenters. The van der Waals surface area contributed by atoms with Gasteiger partial charge in [0.05, 0.1) is 11.2 Å². The number of sulfonamides is 1. The monoisotopic (exact) mass is 496 g/mol. The van der Waals surface area contributed by atoms with Gasteiger partial charge >= 0.3 is 6.03 Å². The molecule has 0 radical (unpaired) electrons. The Morgan fingerprint density at radius 1 is 1.00 bits per heavy atom. The molecule has 5 rings (SSSR count). The molecule has 10 nitrogen and oxygen atoms in total. The Labute approximate surface area is 202 Å². The lowest BCUT2D eigenvalue weighted by Gasteiger charge is -2.34. The van der Waals surface area contributed by atoms with Crippen LogP contribution in [0.25, 0.3) is 10.8 Å². The number of carbonyl (C=O) groups is 3. The molecule has 2 saturated heterocycles. The minimum Gasteiger partial charge on any atom is -0.466 e. The fourth-order valence-electron chi connectivity index (χ4n) is 4.46. The van der Waals surface area contributed by atoms with E-state index in [9.17, 15) is 22.8 Å². The van der Waals surface area contributed by atoms with Gasteiger partial charge in [-0.15, -0.1) is 0 Å². The second kappa shape index (κ2) is 8.51. The molecule has 2 fully saturated rings. The summed E-state index contributed by atoms with van der Waals surface area (Å²) in [6, 6.07) is 15.0. The SMILES string of the molecule is C[C@@]1(c2ccco2)NC(=O)N(CC(=O)N2CCN(S(=O)(=O)c3ccc4ccccc4c3)CC2)C1=O. The van der Waals surface area contributed by atoms with Crippen LogP contribution in [-0.2, 0) is 25.2 Å². The van der Waals surface area contributed by atoms with Crippen molar-refractivity contribution in [3.05, 3.63) is 66.6 Å². The van der Waals surface area contributed by atoms with Gasteiger partial charge < -0.3 is 14.6 Å². The van der Waals surface area contributed by atoms with Gasteiger partial charge in [0.2, 0.25) is 15.9 Å². The zero-order chi connectivity index (χ0) is 24.8. The van der Waals surface area contributed by atoms with Gasteiger partial charge in [-0.3, -0.25) is 14.5 Å². The number of rotatable bonds is 5. The first-order valence-corrected chi connectivity index (χ1v) is 12.6. The summed E-state index contributed by atoms with van der Waals surface area (Å²) in [5.41, 5.74) is -1.38. The summed E-state index contributed by atoms with van der Waals surface area (Å²) in [6.07, 6.45) is 1.40. The molecule has 1 aromatic heterocycles. The van der Waals surface area contributed by atoms with E-state index >= 15 is 0 Å². The average Bonchev–Trinajstić information content (AvgIpc) is 3.48. The molecular formula is C24H24N4O6S. The van der Waals surface area contributed by atoms with Crippen molar-refractivity contribution >= 4 is 38.6 Å². The maximum atomic E-state index is 13.2. The van der Waals surface area contributed by atoms with Gasteiger partial charge in [-0.2, -0.15) is 4.31 Å². The zero-order valence-electron chi connectivity index (χ0n) is 19.0. The molecule has 182 valence electrons. The quantitative estimate of drug-likeness (QED) is 0.537. The Hall–Kier alpha value is -3.70. The number of nitrogens with zero attached hydrogens (tertiary/aromatic N) is 3. The molecule has 11 heteroatoms. The fourth-order valence-corrected chi connectivity index (χ4v) is 5.92. The molecule has 1 N–H and O–H groups in total. The lowest BCUT2D eigenvalue weighted by atomic mass is 9.99. The number of urea groups is 1. The highest BCUT2D eigenvalue weighted by atomic mass is 32.2. The largest absolute Gasteiger partial charge is 0.466 e. The number of piperazine rings is 1. The van der Waals surface area contributed by atoms with Crippen molar-refractivity contribution in [3.8, 4) is 0 Å². The Morgan fingerprint density at radius 2 is 1.71 bits per heavy atom. The van der Waals surface area contributed by atoms with Crippen LogP contribution in [-0.4, -0.2) is 73.1 Å². The van der Waals surface area contributed by atoms with Gasteiger partial charge in [0.15, 0.2) is 5.54 Å². The topological polar surface area (TPSA) is 120 Å². The summed E-state index contributed by atoms with van der Waals surface area (Å²) in [6.45, 7) is 1.64. The van der Waals surface area contributed by atoms with Crippen LogP contribution < -0.4 is 5.32 Å². The molecule has 3 heterocycles. The number of benzene rings is 2. The van der Waals surface area contributed by atoms with Crippen LogP contribution >= 0.6 is 0 Å². The minimum atomic E-state index is -3.73. The van der Waals surface area contributed by atoms with E-state index in [4.69, 9.17) is 4.42 Å². The highest BCUT2D eigenvalue weighted by Crippen LogP contribution is 2.29. The van der Waals surface area contributed by atoms with Crippen LogP contribution in [0.1, 0.15) is 12.7 Å². The van der Waals surface area contributed by atoms with Crippen LogP contribution in [0, 0.1) is 0 Å². The standard InChI is InChI=1S/C24H24N4O6S/c1-24(20-7-4-14-34-20)22(30)28(23(31)25-24)16-21(29)26-10-12-27(13-11-26)35(32,33)19-9-8-17-5-2-3-6-18(17)15-19/h2-9,14-15H,10-13,16H2,1H3,(H,25,31)/t24-/m0/s1. The first-order chi connectivity index (χ1) is 16.7. The third-order valence-electron chi connectivity index (χ3n) is 6.53. The highest BCUT2D eigenvalue weighted by molar-refractivity contribution is 7.89. The third-order valence-corrected chi connectivity index (χ3v) is 8.43. The maximum absolute atomic E-state index is 13.2. The molecule has 2 aliphatic heterocycles. The number of imide groups is 1. The third kappa shape index (κ3) is 3.96. The van der Waals surface area contributed by atoms with E-state index in [0.29, 0.717) is 0 Å². The van der Waals surface area contributed by atoms with E-state index in [1.165, 1.54) is 22.4 Å². The number of amides is 4. The van der Waals surface area contributed by atoms with E-state index in [0.717, 1.165) is 15.7 Å². The van der Waals surface area contributed by atoms with Gasteiger partial charge in [-0.05, 0) is 42.0 Å². The van der Waals surface area contributed by atoms with E-state index < -0.39 is 40.0 Å². The van der Waals surface area contributed by atoms with Gasteiger partial charge in [0.1, 0.15) is 12.3 Å². The predicted octanol–water partition coefficient (Wildman–Crippen LogP) is 1.73. The van der Waals surface area contributed by atoms with E-state index in [-0.39, 0.29) is 36.8 Å². The van der Waals surface area contributed by atoms with Gasteiger partial charge in [0, 0.05) is 26.2 Å². The van der Waals surface area contributed by atoms with Crippen LogP contribution in [0.3, 0.4) is 0 Å². The zero-order valence-corrected chi connectivity index (χ0v) is 19.8. The fraction of sp³-hybridized carbons (Fsp3) is 0.292. The van der Waals surface area contributed by atoms with Crippen molar-refractivity contribution < 1.29 is 27.2 Å². The van der Waals surface area contributed by atoms with Crippen molar-refractivity contribution in [1.82, 2.24) is 19.4 Å². The molecule has 35 heavy (non-hydrogen) atoms. The molecule has 0 aliphatic carbocycles. The number of hydrogen-bond acceptors (Lipinski definition) is 6. The normalized spacial score (nSPS) is 21.5. The summed E-state index contributed by atoms with van der Waals surface area (Å²) in [5, 5.41) is 4.36. The molecule has 2 aliphatic rings. The Balaban J connectivity index is 1.23. The lowest BCUT2D eigenvalue weighted by Crippen LogP contribution is -2.53. The number of furan rings is 1. The first-order valence-electron chi connectivity index (χ1n) is 11.1. The Kier molecular flexibility index (Phi) is 5.60. The maximum Gasteiger partial charge on any atom is 0.325 e. The van der Waals surface area contributed by atoms with Crippen molar-refractivity contribution in [2.75, 3.05) is 32.7 Å². The molecule has 2 aromatic carbocycles. The Bertz CT molecular complexity index is 1410. The van der Waals surface area contributed by atoms with Gasteiger partial charge in [0.25, 0.3) is 5.91 Å². The predicted molar refractivity (Wildman–Crippen MR) is 126 cm³/mol. The lowest BCUT2D eigenvalue weighted by molar-refractivity contribution is -0.139. The smallest absolute Gasteiger partial charge is 0.325 e. The van der Waals surface area contributed by atoms with Crippen molar-refractivity contribution in [2.24, 2.45) is 0 Å². The van der Waals surface area contributed by atoms with E-state index in [2.05, 4.69) is 5.32 Å². The van der Waals surface area contributed by atoms with Crippen molar-refractivity contribution in [2.45, 2.75) is 17.4 Å².